The van der Waals surface area contributed by atoms with Crippen LogP contribution in [0.5, 0.6) is 0 Å². The first-order chi connectivity index (χ1) is 7.65. The van der Waals surface area contributed by atoms with Crippen LogP contribution >= 0.6 is 0 Å². The highest BCUT2D eigenvalue weighted by Crippen LogP contribution is 2.22. The van der Waals surface area contributed by atoms with Crippen LogP contribution in [0.25, 0.3) is 0 Å². The highest BCUT2D eigenvalue weighted by Gasteiger charge is 2.29. The number of likely N-dealkylation sites (tertiary alicyclic amines) is 1. The third-order valence-electron chi connectivity index (χ3n) is 3.23. The fourth-order valence-corrected chi connectivity index (χ4v) is 2.21. The smallest absolute Gasteiger partial charge is 0.306 e. The lowest BCUT2D eigenvalue weighted by atomic mass is 9.92. The number of hydrogen-bond acceptors (Lipinski definition) is 3. The molecule has 1 heterocycles. The molecule has 1 saturated heterocycles. The summed E-state index contributed by atoms with van der Waals surface area (Å²) < 4.78 is 5.45. The number of rotatable bonds is 6. The number of nitrogens with zero attached hydrogens (tertiary/aromatic N) is 1. The van der Waals surface area contributed by atoms with Crippen LogP contribution in [-0.2, 0) is 9.53 Å². The van der Waals surface area contributed by atoms with Crippen molar-refractivity contribution in [2.75, 3.05) is 26.3 Å². The summed E-state index contributed by atoms with van der Waals surface area (Å²) in [6.07, 6.45) is 2.59. The van der Waals surface area contributed by atoms with Crippen LogP contribution < -0.4 is 0 Å². The molecule has 0 saturated carbocycles. The van der Waals surface area contributed by atoms with Crippen LogP contribution in [0.15, 0.2) is 0 Å². The van der Waals surface area contributed by atoms with Crippen molar-refractivity contribution < 1.29 is 14.6 Å². The second-order valence-corrected chi connectivity index (χ2v) is 4.56. The van der Waals surface area contributed by atoms with Gasteiger partial charge in [-0.15, -0.1) is 0 Å². The largest absolute Gasteiger partial charge is 0.481 e. The SMILES string of the molecule is CCCOCCN1CCC(C(=O)O)CC1C. The quantitative estimate of drug-likeness (QED) is 0.703. The van der Waals surface area contributed by atoms with E-state index < -0.39 is 5.97 Å². The van der Waals surface area contributed by atoms with E-state index >= 15 is 0 Å². The summed E-state index contributed by atoms with van der Waals surface area (Å²) in [6.45, 7) is 7.59. The van der Waals surface area contributed by atoms with Crippen molar-refractivity contribution in [2.24, 2.45) is 5.92 Å². The molecule has 94 valence electrons. The number of carbonyl (C=O) groups is 1. The monoisotopic (exact) mass is 229 g/mol. The lowest BCUT2D eigenvalue weighted by Gasteiger charge is -2.36. The number of carboxylic acids is 1. The fourth-order valence-electron chi connectivity index (χ4n) is 2.21. The molecule has 0 aromatic carbocycles. The van der Waals surface area contributed by atoms with Gasteiger partial charge in [0.1, 0.15) is 0 Å². The molecule has 16 heavy (non-hydrogen) atoms. The van der Waals surface area contributed by atoms with Gasteiger partial charge >= 0.3 is 5.97 Å². The van der Waals surface area contributed by atoms with E-state index in [-0.39, 0.29) is 5.92 Å². The van der Waals surface area contributed by atoms with Crippen LogP contribution in [0, 0.1) is 5.92 Å². The van der Waals surface area contributed by atoms with Crippen molar-refractivity contribution >= 4 is 5.97 Å². The molecule has 0 spiro atoms. The van der Waals surface area contributed by atoms with Gasteiger partial charge in [-0.05, 0) is 32.7 Å². The molecule has 0 bridgehead atoms. The average Bonchev–Trinajstić information content (AvgIpc) is 2.26. The minimum Gasteiger partial charge on any atom is -0.481 e. The van der Waals surface area contributed by atoms with Gasteiger partial charge in [0.2, 0.25) is 0 Å². The van der Waals surface area contributed by atoms with Crippen molar-refractivity contribution in [1.29, 1.82) is 0 Å². The molecule has 0 amide bonds. The third-order valence-corrected chi connectivity index (χ3v) is 3.23. The second-order valence-electron chi connectivity index (χ2n) is 4.56. The Hall–Kier alpha value is -0.610. The Morgan fingerprint density at radius 2 is 2.25 bits per heavy atom. The van der Waals surface area contributed by atoms with Gasteiger partial charge in [-0.3, -0.25) is 9.69 Å². The number of ether oxygens (including phenoxy) is 1. The van der Waals surface area contributed by atoms with E-state index in [2.05, 4.69) is 18.7 Å². The Morgan fingerprint density at radius 3 is 2.81 bits per heavy atom. The molecule has 2 atom stereocenters. The molecule has 0 aliphatic carbocycles. The van der Waals surface area contributed by atoms with E-state index in [9.17, 15) is 4.79 Å². The van der Waals surface area contributed by atoms with Gasteiger partial charge < -0.3 is 9.84 Å². The van der Waals surface area contributed by atoms with Gasteiger partial charge in [0.15, 0.2) is 0 Å². The number of piperidine rings is 1. The molecule has 1 rings (SSSR count). The van der Waals surface area contributed by atoms with Gasteiger partial charge in [0.25, 0.3) is 0 Å². The Morgan fingerprint density at radius 1 is 1.50 bits per heavy atom. The molecule has 4 heteroatoms. The first kappa shape index (κ1) is 13.5. The standard InChI is InChI=1S/C12H23NO3/c1-3-7-16-8-6-13-5-4-11(12(14)15)9-10(13)2/h10-11H,3-9H2,1-2H3,(H,14,15). The average molecular weight is 229 g/mol. The van der Waals surface area contributed by atoms with Crippen molar-refractivity contribution in [2.45, 2.75) is 39.2 Å². The summed E-state index contributed by atoms with van der Waals surface area (Å²) in [5.41, 5.74) is 0. The molecule has 1 aliphatic heterocycles. The van der Waals surface area contributed by atoms with Crippen molar-refractivity contribution in [3.05, 3.63) is 0 Å². The molecular weight excluding hydrogens is 206 g/mol. The van der Waals surface area contributed by atoms with Crippen LogP contribution in [0.3, 0.4) is 0 Å². The van der Waals surface area contributed by atoms with Crippen LogP contribution in [0.2, 0.25) is 0 Å². The zero-order valence-corrected chi connectivity index (χ0v) is 10.3. The summed E-state index contributed by atoms with van der Waals surface area (Å²) >= 11 is 0. The maximum Gasteiger partial charge on any atom is 0.306 e. The first-order valence-electron chi connectivity index (χ1n) is 6.19. The minimum atomic E-state index is -0.645. The Kier molecular flexibility index (Phi) is 5.77. The molecule has 4 nitrogen and oxygen atoms in total. The van der Waals surface area contributed by atoms with Gasteiger partial charge in [-0.1, -0.05) is 6.92 Å². The zero-order chi connectivity index (χ0) is 12.0. The number of hydrogen-bond donors (Lipinski definition) is 1. The van der Waals surface area contributed by atoms with Gasteiger partial charge in [0, 0.05) is 19.2 Å². The van der Waals surface area contributed by atoms with Crippen LogP contribution in [0.4, 0.5) is 0 Å². The van der Waals surface area contributed by atoms with E-state index in [1.54, 1.807) is 0 Å². The van der Waals surface area contributed by atoms with Crippen molar-refractivity contribution in [3.8, 4) is 0 Å². The Balaban J connectivity index is 2.22. The lowest BCUT2D eigenvalue weighted by Crippen LogP contribution is -2.44. The van der Waals surface area contributed by atoms with E-state index in [0.717, 1.165) is 45.6 Å². The Bertz CT molecular complexity index is 220. The number of carboxylic acid groups (broad SMARTS) is 1. The van der Waals surface area contributed by atoms with Gasteiger partial charge in [0.05, 0.1) is 12.5 Å². The maximum atomic E-state index is 10.9. The lowest BCUT2D eigenvalue weighted by molar-refractivity contribution is -0.144. The first-order valence-corrected chi connectivity index (χ1v) is 6.19. The van der Waals surface area contributed by atoms with E-state index in [1.807, 2.05) is 0 Å². The molecular formula is C12H23NO3. The summed E-state index contributed by atoms with van der Waals surface area (Å²) in [6, 6.07) is 0.361. The van der Waals surface area contributed by atoms with Gasteiger partial charge in [-0.2, -0.15) is 0 Å². The minimum absolute atomic E-state index is 0.150. The van der Waals surface area contributed by atoms with Crippen molar-refractivity contribution in [3.63, 3.8) is 0 Å². The molecule has 1 fully saturated rings. The molecule has 1 N–H and O–H groups in total. The molecule has 0 aromatic rings. The van der Waals surface area contributed by atoms with E-state index in [0.29, 0.717) is 6.04 Å². The topological polar surface area (TPSA) is 49.8 Å². The predicted molar refractivity (Wildman–Crippen MR) is 62.5 cm³/mol. The molecule has 1 aliphatic rings. The summed E-state index contributed by atoms with van der Waals surface area (Å²) in [7, 11) is 0. The van der Waals surface area contributed by atoms with E-state index in [1.165, 1.54) is 0 Å². The highest BCUT2D eigenvalue weighted by molar-refractivity contribution is 5.70. The summed E-state index contributed by atoms with van der Waals surface area (Å²) in [5, 5.41) is 8.95. The normalized spacial score (nSPS) is 26.9. The van der Waals surface area contributed by atoms with Gasteiger partial charge in [-0.25, -0.2) is 0 Å². The third kappa shape index (κ3) is 4.10. The summed E-state index contributed by atoms with van der Waals surface area (Å²) in [4.78, 5) is 13.2. The van der Waals surface area contributed by atoms with E-state index in [4.69, 9.17) is 9.84 Å². The predicted octanol–water partition coefficient (Wildman–Crippen LogP) is 1.60. The molecule has 2 unspecified atom stereocenters. The number of aliphatic carboxylic acids is 1. The second kappa shape index (κ2) is 6.86. The van der Waals surface area contributed by atoms with Crippen LogP contribution in [0.1, 0.15) is 33.1 Å². The van der Waals surface area contributed by atoms with Crippen LogP contribution in [-0.4, -0.2) is 48.3 Å². The molecule has 0 aromatic heterocycles. The van der Waals surface area contributed by atoms with Crippen molar-refractivity contribution in [1.82, 2.24) is 4.90 Å². The maximum absolute atomic E-state index is 10.9. The molecule has 0 radical (unpaired) electrons. The zero-order valence-electron chi connectivity index (χ0n) is 10.3. The Labute approximate surface area is 97.6 Å². The highest BCUT2D eigenvalue weighted by atomic mass is 16.5. The summed E-state index contributed by atoms with van der Waals surface area (Å²) in [5.74, 6) is -0.795. The fraction of sp³-hybridized carbons (Fsp3) is 0.917.